The highest BCUT2D eigenvalue weighted by Gasteiger charge is 2.08. The molecule has 0 fully saturated rings. The first-order valence-corrected chi connectivity index (χ1v) is 5.73. The summed E-state index contributed by atoms with van der Waals surface area (Å²) in [6.45, 7) is 1.50. The summed E-state index contributed by atoms with van der Waals surface area (Å²) in [7, 11) is 0. The van der Waals surface area contributed by atoms with E-state index in [0.29, 0.717) is 5.69 Å². The molecule has 1 heterocycles. The van der Waals surface area contributed by atoms with E-state index in [9.17, 15) is 14.4 Å². The van der Waals surface area contributed by atoms with Crippen LogP contribution < -0.4 is 10.6 Å². The van der Waals surface area contributed by atoms with Crippen molar-refractivity contribution in [1.82, 2.24) is 15.6 Å². The van der Waals surface area contributed by atoms with Crippen molar-refractivity contribution in [2.45, 2.75) is 13.3 Å². The van der Waals surface area contributed by atoms with Crippen LogP contribution in [0, 0.1) is 0 Å². The van der Waals surface area contributed by atoms with E-state index in [-0.39, 0.29) is 24.6 Å². The van der Waals surface area contributed by atoms with Gasteiger partial charge in [0.15, 0.2) is 0 Å². The Hall–Kier alpha value is -2.50. The molecule has 0 saturated heterocycles. The van der Waals surface area contributed by atoms with E-state index in [2.05, 4.69) is 15.6 Å². The lowest BCUT2D eigenvalue weighted by Crippen LogP contribution is -2.27. The van der Waals surface area contributed by atoms with Crippen molar-refractivity contribution in [3.63, 3.8) is 0 Å². The van der Waals surface area contributed by atoms with Gasteiger partial charge in [0.05, 0.1) is 17.9 Å². The molecular formula is C13H14N3O3. The fourth-order valence-corrected chi connectivity index (χ4v) is 1.24. The number of rotatable bonds is 6. The number of nitrogens with zero attached hydrogens (tertiary/aromatic N) is 1. The molecule has 0 aliphatic rings. The molecular weight excluding hydrogens is 246 g/mol. The van der Waals surface area contributed by atoms with Gasteiger partial charge in [-0.25, -0.2) is 0 Å². The minimum absolute atomic E-state index is 0.202. The molecule has 1 aromatic heterocycles. The summed E-state index contributed by atoms with van der Waals surface area (Å²) >= 11 is 0. The molecule has 0 unspecified atom stereocenters. The molecule has 0 bridgehead atoms. The Balaban J connectivity index is 2.92. The Morgan fingerprint density at radius 2 is 2.21 bits per heavy atom. The second-order valence-corrected chi connectivity index (χ2v) is 3.54. The fourth-order valence-electron chi connectivity index (χ4n) is 1.24. The van der Waals surface area contributed by atoms with Crippen molar-refractivity contribution in [2.24, 2.45) is 0 Å². The van der Waals surface area contributed by atoms with Crippen LogP contribution in [0.1, 0.15) is 19.0 Å². The smallest absolute Gasteiger partial charge is 0.246 e. The highest BCUT2D eigenvalue weighted by Crippen LogP contribution is 2.07. The quantitative estimate of drug-likeness (QED) is 0.714. The molecule has 1 aromatic rings. The third kappa shape index (κ3) is 5.12. The Labute approximate surface area is 110 Å². The summed E-state index contributed by atoms with van der Waals surface area (Å²) < 4.78 is 0. The minimum atomic E-state index is -0.500. The predicted molar refractivity (Wildman–Crippen MR) is 69.4 cm³/mol. The number of carbonyl (C=O) groups excluding carboxylic acids is 3. The summed E-state index contributed by atoms with van der Waals surface area (Å²) in [6.07, 6.45) is 4.58. The zero-order valence-electron chi connectivity index (χ0n) is 10.5. The van der Waals surface area contributed by atoms with Gasteiger partial charge in [-0.15, -0.1) is 0 Å². The Morgan fingerprint density at radius 1 is 1.42 bits per heavy atom. The van der Waals surface area contributed by atoms with Crippen molar-refractivity contribution >= 4 is 23.8 Å². The van der Waals surface area contributed by atoms with Crippen molar-refractivity contribution in [3.8, 4) is 0 Å². The molecule has 0 spiro atoms. The lowest BCUT2D eigenvalue weighted by Gasteiger charge is -2.08. The maximum atomic E-state index is 11.5. The third-order valence-corrected chi connectivity index (χ3v) is 2.15. The fraction of sp³-hybridized carbons (Fsp3) is 0.231. The Bertz CT molecular complexity index is 483. The summed E-state index contributed by atoms with van der Waals surface area (Å²) in [5, 5.41) is 4.90. The average molecular weight is 260 g/mol. The van der Waals surface area contributed by atoms with Crippen LogP contribution in [0.5, 0.6) is 0 Å². The zero-order chi connectivity index (χ0) is 14.1. The molecule has 6 heteroatoms. The Morgan fingerprint density at radius 3 is 2.79 bits per heavy atom. The first-order chi connectivity index (χ1) is 9.17. The molecule has 1 rings (SSSR count). The maximum Gasteiger partial charge on any atom is 0.246 e. The van der Waals surface area contributed by atoms with Crippen molar-refractivity contribution in [2.75, 3.05) is 6.54 Å². The molecule has 2 amide bonds. The second-order valence-electron chi connectivity index (χ2n) is 3.54. The van der Waals surface area contributed by atoms with Crippen LogP contribution in [0.2, 0.25) is 0 Å². The summed E-state index contributed by atoms with van der Waals surface area (Å²) in [5.41, 5.74) is 0.755. The number of hydrogen-bond donors (Lipinski definition) is 2. The van der Waals surface area contributed by atoms with E-state index >= 15 is 0 Å². The highest BCUT2D eigenvalue weighted by molar-refractivity contribution is 5.98. The topological polar surface area (TPSA) is 88.2 Å². The van der Waals surface area contributed by atoms with Gasteiger partial charge in [0.1, 0.15) is 0 Å². The van der Waals surface area contributed by atoms with Crippen molar-refractivity contribution < 1.29 is 14.4 Å². The van der Waals surface area contributed by atoms with E-state index in [1.165, 1.54) is 6.08 Å². The van der Waals surface area contributed by atoms with E-state index in [4.69, 9.17) is 0 Å². The molecule has 19 heavy (non-hydrogen) atoms. The Kier molecular flexibility index (Phi) is 5.94. The van der Waals surface area contributed by atoms with Gasteiger partial charge < -0.3 is 10.6 Å². The van der Waals surface area contributed by atoms with Crippen molar-refractivity contribution in [1.29, 1.82) is 0 Å². The number of aromatic nitrogens is 1. The lowest BCUT2D eigenvalue weighted by molar-refractivity contribution is -0.119. The van der Waals surface area contributed by atoms with Gasteiger partial charge in [-0.3, -0.25) is 19.4 Å². The average Bonchev–Trinajstić information content (AvgIpc) is 2.45. The SMILES string of the molecule is CCC(=O)NC(=CC(=O)NC[C]=O)c1ccccn1. The molecule has 0 aliphatic heterocycles. The summed E-state index contributed by atoms with van der Waals surface area (Å²) in [6, 6.07) is 5.14. The van der Waals surface area contributed by atoms with Gasteiger partial charge in [-0.2, -0.15) is 0 Å². The van der Waals surface area contributed by atoms with Crippen LogP contribution >= 0.6 is 0 Å². The second kappa shape index (κ2) is 7.75. The largest absolute Gasteiger partial charge is 0.345 e. The lowest BCUT2D eigenvalue weighted by atomic mass is 10.2. The van der Waals surface area contributed by atoms with E-state index in [1.807, 2.05) is 0 Å². The van der Waals surface area contributed by atoms with Crippen LogP contribution in [0.3, 0.4) is 0 Å². The van der Waals surface area contributed by atoms with Gasteiger partial charge in [0.25, 0.3) is 0 Å². The van der Waals surface area contributed by atoms with Gasteiger partial charge in [0.2, 0.25) is 18.1 Å². The molecule has 99 valence electrons. The van der Waals surface area contributed by atoms with Gasteiger partial charge in [-0.05, 0) is 12.1 Å². The number of nitrogens with one attached hydrogen (secondary N) is 2. The highest BCUT2D eigenvalue weighted by atomic mass is 16.2. The molecule has 2 N–H and O–H groups in total. The van der Waals surface area contributed by atoms with E-state index < -0.39 is 5.91 Å². The van der Waals surface area contributed by atoms with Crippen molar-refractivity contribution in [3.05, 3.63) is 36.2 Å². The first-order valence-electron chi connectivity index (χ1n) is 5.73. The predicted octanol–water partition coefficient (Wildman–Crippen LogP) is 0.175. The number of amides is 2. The van der Waals surface area contributed by atoms with E-state index in [0.717, 1.165) is 0 Å². The molecule has 6 nitrogen and oxygen atoms in total. The minimum Gasteiger partial charge on any atom is -0.345 e. The molecule has 0 aromatic carbocycles. The molecule has 0 aliphatic carbocycles. The number of carbonyl (C=O) groups is 2. The molecule has 0 saturated carbocycles. The number of hydrogen-bond acceptors (Lipinski definition) is 4. The number of pyridine rings is 1. The van der Waals surface area contributed by atoms with E-state index in [1.54, 1.807) is 37.6 Å². The van der Waals surface area contributed by atoms with Crippen LogP contribution in [-0.4, -0.2) is 29.6 Å². The summed E-state index contributed by atoms with van der Waals surface area (Å²) in [5.74, 6) is -0.730. The molecule has 0 atom stereocenters. The third-order valence-electron chi connectivity index (χ3n) is 2.15. The van der Waals surface area contributed by atoms with Crippen LogP contribution in [0.15, 0.2) is 30.5 Å². The first kappa shape index (κ1) is 14.6. The van der Waals surface area contributed by atoms with Gasteiger partial charge in [-0.1, -0.05) is 13.0 Å². The van der Waals surface area contributed by atoms with Gasteiger partial charge in [0, 0.05) is 18.7 Å². The standard InChI is InChI=1S/C13H14N3O3/c1-2-12(18)16-11(9-13(19)15-7-8-17)10-5-3-4-6-14-10/h3-6,9H,2,7H2,1H3,(H,15,19)(H,16,18). The zero-order valence-corrected chi connectivity index (χ0v) is 10.5. The van der Waals surface area contributed by atoms with Crippen LogP contribution in [-0.2, 0) is 14.4 Å². The summed E-state index contributed by atoms with van der Waals surface area (Å²) in [4.78, 5) is 37.0. The van der Waals surface area contributed by atoms with Crippen LogP contribution in [0.25, 0.3) is 5.70 Å². The molecule has 1 radical (unpaired) electrons. The normalized spacial score (nSPS) is 10.7. The van der Waals surface area contributed by atoms with Gasteiger partial charge >= 0.3 is 0 Å². The van der Waals surface area contributed by atoms with Crippen LogP contribution in [0.4, 0.5) is 0 Å². The monoisotopic (exact) mass is 260 g/mol. The maximum absolute atomic E-state index is 11.5.